The van der Waals surface area contributed by atoms with E-state index in [2.05, 4.69) is 0 Å². The molecule has 0 aromatic carbocycles. The third-order valence-electron chi connectivity index (χ3n) is 4.91. The van der Waals surface area contributed by atoms with Crippen molar-refractivity contribution in [3.63, 3.8) is 0 Å². The number of Topliss-reactive ketones (excluding diaryl/α,β-unsaturated/α-hetero) is 1. The SMILES string of the molecule is CC(=O)[C@]1(O)C[C@H]2CCC[C@@H]3CCC[N+](=C32)C1=O.F[B-](F)(F)F. The van der Waals surface area contributed by atoms with Crippen molar-refractivity contribution in [3.05, 3.63) is 0 Å². The molecule has 23 heavy (non-hydrogen) atoms. The Morgan fingerprint density at radius 2 is 1.70 bits per heavy atom. The molecular weight excluding hydrogens is 317 g/mol. The van der Waals surface area contributed by atoms with Crippen LogP contribution in [0.4, 0.5) is 17.3 Å². The average Bonchev–Trinajstić information content (AvgIpc) is 2.43. The lowest BCUT2D eigenvalue weighted by atomic mass is 9.68. The summed E-state index contributed by atoms with van der Waals surface area (Å²) in [4.78, 5) is 24.0. The van der Waals surface area contributed by atoms with Crippen LogP contribution in [0.3, 0.4) is 0 Å². The van der Waals surface area contributed by atoms with Crippen LogP contribution in [0, 0.1) is 11.8 Å². The van der Waals surface area contributed by atoms with Gasteiger partial charge in [-0.25, -0.2) is 4.79 Å². The molecule has 0 aromatic rings. The van der Waals surface area contributed by atoms with Crippen molar-refractivity contribution >= 4 is 24.7 Å². The number of carbonyl (C=O) groups is 2. The Balaban J connectivity index is 0.000000338. The molecule has 1 aliphatic carbocycles. The molecule has 3 rings (SSSR count). The predicted octanol–water partition coefficient (Wildman–Crippen LogP) is 2.20. The van der Waals surface area contributed by atoms with Crippen molar-refractivity contribution in [1.29, 1.82) is 0 Å². The smallest absolute Gasteiger partial charge is 0.418 e. The van der Waals surface area contributed by atoms with E-state index < -0.39 is 18.6 Å². The van der Waals surface area contributed by atoms with Gasteiger partial charge in [0.25, 0.3) is 0 Å². The van der Waals surface area contributed by atoms with E-state index in [9.17, 15) is 32.0 Å². The Labute approximate surface area is 131 Å². The van der Waals surface area contributed by atoms with Gasteiger partial charge in [0, 0.05) is 24.7 Å². The van der Waals surface area contributed by atoms with Crippen molar-refractivity contribution in [2.45, 2.75) is 51.0 Å². The number of halogens is 4. The first-order valence-electron chi connectivity index (χ1n) is 7.83. The lowest BCUT2D eigenvalue weighted by Crippen LogP contribution is -2.61. The summed E-state index contributed by atoms with van der Waals surface area (Å²) in [5.74, 6) is -0.0271. The predicted molar refractivity (Wildman–Crippen MR) is 75.6 cm³/mol. The van der Waals surface area contributed by atoms with Crippen LogP contribution in [0.25, 0.3) is 0 Å². The second-order valence-corrected chi connectivity index (χ2v) is 6.46. The summed E-state index contributed by atoms with van der Waals surface area (Å²) in [5, 5.41) is 10.4. The highest BCUT2D eigenvalue weighted by Crippen LogP contribution is 2.40. The number of hydrogen-bond acceptors (Lipinski definition) is 3. The second kappa shape index (κ2) is 6.34. The Bertz CT molecular complexity index is 543. The summed E-state index contributed by atoms with van der Waals surface area (Å²) in [6, 6.07) is 0. The van der Waals surface area contributed by atoms with Gasteiger partial charge in [0.1, 0.15) is 0 Å². The fraction of sp³-hybridized carbons (Fsp3) is 0.786. The van der Waals surface area contributed by atoms with E-state index in [1.165, 1.54) is 12.6 Å². The van der Waals surface area contributed by atoms with Crippen LogP contribution in [-0.2, 0) is 9.59 Å². The van der Waals surface area contributed by atoms with E-state index in [1.54, 1.807) is 4.58 Å². The number of rotatable bonds is 1. The summed E-state index contributed by atoms with van der Waals surface area (Å²) in [6.07, 6.45) is 5.77. The number of ketones is 1. The molecule has 3 atom stereocenters. The molecule has 1 amide bonds. The molecule has 0 aromatic heterocycles. The molecule has 4 nitrogen and oxygen atoms in total. The van der Waals surface area contributed by atoms with Crippen molar-refractivity contribution in [3.8, 4) is 0 Å². The summed E-state index contributed by atoms with van der Waals surface area (Å²) in [6.45, 7) is 2.00. The van der Waals surface area contributed by atoms with Crippen LogP contribution in [0.1, 0.15) is 45.4 Å². The van der Waals surface area contributed by atoms with Gasteiger partial charge in [0.2, 0.25) is 5.60 Å². The minimum Gasteiger partial charge on any atom is -0.418 e. The van der Waals surface area contributed by atoms with Crippen molar-refractivity contribution in [1.82, 2.24) is 0 Å². The van der Waals surface area contributed by atoms with Crippen molar-refractivity contribution in [2.24, 2.45) is 11.8 Å². The third-order valence-corrected chi connectivity index (χ3v) is 4.91. The van der Waals surface area contributed by atoms with Gasteiger partial charge in [-0.1, -0.05) is 6.42 Å². The van der Waals surface area contributed by atoms with Crippen LogP contribution in [0.5, 0.6) is 0 Å². The molecule has 0 unspecified atom stereocenters. The Morgan fingerprint density at radius 3 is 2.26 bits per heavy atom. The largest absolute Gasteiger partial charge is 0.673 e. The molecule has 3 aliphatic rings. The molecular formula is C14H20BF4NO3. The lowest BCUT2D eigenvalue weighted by molar-refractivity contribution is -0.474. The molecule has 9 heteroatoms. The van der Waals surface area contributed by atoms with Crippen LogP contribution < -0.4 is 0 Å². The zero-order valence-electron chi connectivity index (χ0n) is 12.9. The zero-order chi connectivity index (χ0) is 17.4. The minimum absolute atomic E-state index is 0.232. The highest BCUT2D eigenvalue weighted by atomic mass is 19.5. The lowest BCUT2D eigenvalue weighted by Gasteiger charge is -2.39. The Kier molecular flexibility index (Phi) is 4.99. The number of carbonyl (C=O) groups excluding carboxylic acids is 2. The first-order chi connectivity index (χ1) is 10.5. The van der Waals surface area contributed by atoms with E-state index in [-0.39, 0.29) is 11.8 Å². The topological polar surface area (TPSA) is 57.4 Å². The quantitative estimate of drug-likeness (QED) is 0.345. The molecule has 0 saturated heterocycles. The van der Waals surface area contributed by atoms with Crippen LogP contribution in [0.15, 0.2) is 0 Å². The number of hydrogen-bond donors (Lipinski definition) is 1. The van der Waals surface area contributed by atoms with E-state index in [4.69, 9.17) is 0 Å². The van der Waals surface area contributed by atoms with Gasteiger partial charge in [-0.05, 0) is 26.2 Å². The average molecular weight is 337 g/mol. The summed E-state index contributed by atoms with van der Waals surface area (Å²) in [7, 11) is -6.00. The van der Waals surface area contributed by atoms with Crippen molar-refractivity contribution < 1.29 is 36.5 Å². The molecule has 1 N–H and O–H groups in total. The summed E-state index contributed by atoms with van der Waals surface area (Å²) in [5.41, 5.74) is -0.531. The fourth-order valence-corrected chi connectivity index (χ4v) is 3.98. The van der Waals surface area contributed by atoms with Gasteiger partial charge >= 0.3 is 13.2 Å². The molecule has 0 spiro atoms. The number of nitrogens with zero attached hydrogens (tertiary/aromatic N) is 1. The van der Waals surface area contributed by atoms with Gasteiger partial charge in [-0.15, -0.1) is 0 Å². The maximum atomic E-state index is 12.4. The first-order valence-corrected chi connectivity index (χ1v) is 7.83. The maximum absolute atomic E-state index is 12.4. The van der Waals surface area contributed by atoms with E-state index in [1.807, 2.05) is 0 Å². The van der Waals surface area contributed by atoms with Gasteiger partial charge in [-0.3, -0.25) is 4.79 Å². The first kappa shape index (κ1) is 18.1. The van der Waals surface area contributed by atoms with E-state index in [0.717, 1.165) is 32.1 Å². The van der Waals surface area contributed by atoms with Crippen LogP contribution >= 0.6 is 0 Å². The normalized spacial score (nSPS) is 33.6. The highest BCUT2D eigenvalue weighted by Gasteiger charge is 2.58. The Morgan fingerprint density at radius 1 is 1.17 bits per heavy atom. The zero-order valence-corrected chi connectivity index (χ0v) is 12.9. The highest BCUT2D eigenvalue weighted by molar-refractivity contribution is 6.50. The third kappa shape index (κ3) is 3.81. The van der Waals surface area contributed by atoms with Gasteiger partial charge in [0.15, 0.2) is 18.0 Å². The van der Waals surface area contributed by atoms with Gasteiger partial charge in [-0.2, -0.15) is 4.58 Å². The Hall–Kier alpha value is -1.25. The monoisotopic (exact) mass is 337 g/mol. The molecule has 2 aliphatic heterocycles. The number of aliphatic hydroxyl groups is 1. The number of amides is 1. The molecule has 0 bridgehead atoms. The summed E-state index contributed by atoms with van der Waals surface area (Å²) < 4.78 is 40.7. The van der Waals surface area contributed by atoms with Crippen molar-refractivity contribution in [2.75, 3.05) is 6.54 Å². The fourth-order valence-electron chi connectivity index (χ4n) is 3.98. The van der Waals surface area contributed by atoms with Crippen LogP contribution in [0.2, 0.25) is 0 Å². The molecule has 1 saturated carbocycles. The van der Waals surface area contributed by atoms with Crippen LogP contribution in [-0.4, -0.2) is 46.5 Å². The van der Waals surface area contributed by atoms with Gasteiger partial charge < -0.3 is 22.4 Å². The molecule has 130 valence electrons. The van der Waals surface area contributed by atoms with E-state index in [0.29, 0.717) is 18.9 Å². The minimum atomic E-state index is -6.00. The van der Waals surface area contributed by atoms with Gasteiger partial charge in [0.05, 0.1) is 0 Å². The standard InChI is InChI=1S/C14H20NO3.BF4/c1-9(16)14(18)8-11-5-2-4-10-6-3-7-15(12(10)11)13(14)17;2-1(3,4)5/h10-11,18H,2-8H2,1H3;/q+1;-1/t10-,11-,14-;/m1./s1. The van der Waals surface area contributed by atoms with E-state index >= 15 is 0 Å². The maximum Gasteiger partial charge on any atom is 0.673 e. The second-order valence-electron chi connectivity index (χ2n) is 6.46. The molecule has 2 heterocycles. The molecule has 0 radical (unpaired) electrons. The summed E-state index contributed by atoms with van der Waals surface area (Å²) >= 11 is 0. The molecule has 1 fully saturated rings.